The summed E-state index contributed by atoms with van der Waals surface area (Å²) in [7, 11) is 0. The Balaban J connectivity index is 1.89. The lowest BCUT2D eigenvalue weighted by Crippen LogP contribution is -2.35. The molecule has 0 radical (unpaired) electrons. The van der Waals surface area contributed by atoms with Gasteiger partial charge in [0.1, 0.15) is 0 Å². The third kappa shape index (κ3) is 3.66. The fourth-order valence-electron chi connectivity index (χ4n) is 2.48. The summed E-state index contributed by atoms with van der Waals surface area (Å²) in [5, 5.41) is 0. The number of hydrogen-bond acceptors (Lipinski definition) is 3. The Bertz CT molecular complexity index is 424. The van der Waals surface area contributed by atoms with Crippen LogP contribution < -0.4 is 10.9 Å². The molecule has 3 nitrogen and oxygen atoms in total. The lowest BCUT2D eigenvalue weighted by atomic mass is 9.74. The average molecular weight is 260 g/mol. The van der Waals surface area contributed by atoms with Gasteiger partial charge in [-0.15, -0.1) is 0 Å². The Morgan fingerprint density at radius 2 is 1.95 bits per heavy atom. The van der Waals surface area contributed by atoms with Gasteiger partial charge in [-0.1, -0.05) is 56.3 Å². The molecule has 1 saturated heterocycles. The zero-order valence-electron chi connectivity index (χ0n) is 12.1. The Kier molecular flexibility index (Phi) is 4.40. The Morgan fingerprint density at radius 3 is 2.47 bits per heavy atom. The summed E-state index contributed by atoms with van der Waals surface area (Å²) in [6, 6.07) is 10.3. The van der Waals surface area contributed by atoms with E-state index in [1.807, 2.05) is 18.2 Å². The Morgan fingerprint density at radius 1 is 1.32 bits per heavy atom. The van der Waals surface area contributed by atoms with Crippen molar-refractivity contribution in [3.63, 3.8) is 0 Å². The molecule has 0 amide bonds. The molecule has 0 bridgehead atoms. The molecule has 1 aromatic rings. The van der Waals surface area contributed by atoms with E-state index in [0.717, 1.165) is 0 Å². The highest BCUT2D eigenvalue weighted by atomic mass is 16.5. The number of hydrazine groups is 1. The third-order valence-electron chi connectivity index (χ3n) is 3.92. The maximum absolute atomic E-state index is 5.89. The van der Waals surface area contributed by atoms with Crippen LogP contribution in [-0.2, 0) is 11.3 Å². The lowest BCUT2D eigenvalue weighted by Gasteiger charge is -2.33. The second-order valence-corrected chi connectivity index (χ2v) is 5.94. The molecule has 0 spiro atoms. The first-order valence-corrected chi connectivity index (χ1v) is 6.80. The first-order chi connectivity index (χ1) is 9.01. The smallest absolute Gasteiger partial charge is 0.0890 e. The van der Waals surface area contributed by atoms with Crippen molar-refractivity contribution >= 4 is 0 Å². The van der Waals surface area contributed by atoms with Crippen LogP contribution in [-0.4, -0.2) is 12.8 Å². The van der Waals surface area contributed by atoms with Crippen molar-refractivity contribution in [2.75, 3.05) is 6.61 Å². The predicted octanol–water partition coefficient (Wildman–Crippen LogP) is 2.86. The van der Waals surface area contributed by atoms with Crippen molar-refractivity contribution in [3.05, 3.63) is 48.0 Å². The molecule has 1 unspecified atom stereocenters. The van der Waals surface area contributed by atoms with Crippen molar-refractivity contribution in [2.45, 2.75) is 33.5 Å². The zero-order valence-corrected chi connectivity index (χ0v) is 12.1. The second kappa shape index (κ2) is 5.87. The number of nitrogens with one attached hydrogen (secondary N) is 2. The zero-order chi connectivity index (χ0) is 13.9. The van der Waals surface area contributed by atoms with Gasteiger partial charge in [-0.3, -0.25) is 0 Å². The van der Waals surface area contributed by atoms with Gasteiger partial charge in [0, 0.05) is 11.3 Å². The molecule has 104 valence electrons. The SMILES string of the molecule is C=C(C)C(COCc1ccccc1)C(C)(C)C1NN1. The molecule has 1 fully saturated rings. The molecular formula is C16H24N2O. The van der Waals surface area contributed by atoms with E-state index < -0.39 is 0 Å². The number of ether oxygens (including phenoxy) is 1. The molecule has 0 aliphatic carbocycles. The van der Waals surface area contributed by atoms with E-state index in [2.05, 4.69) is 50.3 Å². The molecule has 0 aromatic heterocycles. The summed E-state index contributed by atoms with van der Waals surface area (Å²) in [5.74, 6) is 0.337. The first-order valence-electron chi connectivity index (χ1n) is 6.80. The van der Waals surface area contributed by atoms with Gasteiger partial charge in [0.15, 0.2) is 0 Å². The largest absolute Gasteiger partial charge is 0.376 e. The summed E-state index contributed by atoms with van der Waals surface area (Å²) < 4.78 is 5.89. The molecule has 1 aromatic carbocycles. The predicted molar refractivity (Wildman–Crippen MR) is 78.2 cm³/mol. The van der Waals surface area contributed by atoms with Gasteiger partial charge in [0.25, 0.3) is 0 Å². The first kappa shape index (κ1) is 14.3. The fraction of sp³-hybridized carbons (Fsp3) is 0.500. The minimum atomic E-state index is 0.0997. The maximum atomic E-state index is 5.89. The van der Waals surface area contributed by atoms with Gasteiger partial charge in [-0.25, -0.2) is 10.9 Å². The van der Waals surface area contributed by atoms with Crippen molar-refractivity contribution < 1.29 is 4.74 Å². The van der Waals surface area contributed by atoms with E-state index in [1.165, 1.54) is 11.1 Å². The van der Waals surface area contributed by atoms with E-state index in [-0.39, 0.29) is 5.41 Å². The van der Waals surface area contributed by atoms with Gasteiger partial charge >= 0.3 is 0 Å². The van der Waals surface area contributed by atoms with E-state index in [4.69, 9.17) is 4.74 Å². The van der Waals surface area contributed by atoms with Crippen LogP contribution in [0.1, 0.15) is 26.3 Å². The molecule has 2 rings (SSSR count). The minimum absolute atomic E-state index is 0.0997. The van der Waals surface area contributed by atoms with Crippen LogP contribution in [0.2, 0.25) is 0 Å². The maximum Gasteiger partial charge on any atom is 0.0890 e. The molecule has 1 aliphatic rings. The summed E-state index contributed by atoms with van der Waals surface area (Å²) in [6.07, 6.45) is 0.356. The average Bonchev–Trinajstić information content (AvgIpc) is 3.19. The van der Waals surface area contributed by atoms with Crippen molar-refractivity contribution in [2.24, 2.45) is 11.3 Å². The van der Waals surface area contributed by atoms with Crippen LogP contribution >= 0.6 is 0 Å². The molecule has 1 atom stereocenters. The molecule has 2 N–H and O–H groups in total. The molecule has 0 saturated carbocycles. The van der Waals surface area contributed by atoms with Gasteiger partial charge in [-0.2, -0.15) is 0 Å². The molecule has 1 aliphatic heterocycles. The number of hydrogen-bond donors (Lipinski definition) is 2. The third-order valence-corrected chi connectivity index (χ3v) is 3.92. The topological polar surface area (TPSA) is 53.1 Å². The summed E-state index contributed by atoms with van der Waals surface area (Å²) >= 11 is 0. The highest BCUT2D eigenvalue weighted by Crippen LogP contribution is 2.37. The van der Waals surface area contributed by atoms with E-state index in [9.17, 15) is 0 Å². The summed E-state index contributed by atoms with van der Waals surface area (Å²) in [4.78, 5) is 0. The van der Waals surface area contributed by atoms with Crippen LogP contribution in [0.25, 0.3) is 0 Å². The van der Waals surface area contributed by atoms with Gasteiger partial charge in [0.05, 0.1) is 19.4 Å². The van der Waals surface area contributed by atoms with Crippen molar-refractivity contribution in [3.8, 4) is 0 Å². The highest BCUT2D eigenvalue weighted by Gasteiger charge is 2.43. The lowest BCUT2D eigenvalue weighted by molar-refractivity contribution is 0.0537. The quantitative estimate of drug-likeness (QED) is 0.585. The summed E-state index contributed by atoms with van der Waals surface area (Å²) in [6.45, 7) is 12.1. The second-order valence-electron chi connectivity index (χ2n) is 5.94. The normalized spacial score (nSPS) is 17.2. The number of rotatable bonds is 7. The molecule has 3 heteroatoms. The Labute approximate surface area is 116 Å². The minimum Gasteiger partial charge on any atom is -0.376 e. The van der Waals surface area contributed by atoms with Gasteiger partial charge in [-0.05, 0) is 12.5 Å². The monoisotopic (exact) mass is 260 g/mol. The molecular weight excluding hydrogens is 236 g/mol. The standard InChI is InChI=1S/C16H24N2O/c1-12(2)14(16(3,4)15-17-18-15)11-19-10-13-8-6-5-7-9-13/h5-9,14-15,17-18H,1,10-11H2,2-4H3. The number of benzene rings is 1. The van der Waals surface area contributed by atoms with Crippen LogP contribution in [0.3, 0.4) is 0 Å². The van der Waals surface area contributed by atoms with E-state index in [0.29, 0.717) is 25.3 Å². The molecule has 1 heterocycles. The van der Waals surface area contributed by atoms with E-state index in [1.54, 1.807) is 0 Å². The van der Waals surface area contributed by atoms with Crippen LogP contribution in [0.5, 0.6) is 0 Å². The van der Waals surface area contributed by atoms with Crippen LogP contribution in [0.4, 0.5) is 0 Å². The van der Waals surface area contributed by atoms with Crippen LogP contribution in [0.15, 0.2) is 42.5 Å². The van der Waals surface area contributed by atoms with Crippen molar-refractivity contribution in [1.82, 2.24) is 10.9 Å². The summed E-state index contributed by atoms with van der Waals surface area (Å²) in [5.41, 5.74) is 8.83. The van der Waals surface area contributed by atoms with E-state index >= 15 is 0 Å². The molecule has 19 heavy (non-hydrogen) atoms. The van der Waals surface area contributed by atoms with Crippen LogP contribution in [0, 0.1) is 11.3 Å². The Hall–Kier alpha value is -1.16. The fourth-order valence-corrected chi connectivity index (χ4v) is 2.48. The highest BCUT2D eigenvalue weighted by molar-refractivity contribution is 5.13. The van der Waals surface area contributed by atoms with Gasteiger partial charge < -0.3 is 4.74 Å². The van der Waals surface area contributed by atoms with Crippen molar-refractivity contribution in [1.29, 1.82) is 0 Å². The van der Waals surface area contributed by atoms with Gasteiger partial charge in [0.2, 0.25) is 0 Å².